The molecule has 1 atom stereocenters. The first kappa shape index (κ1) is 17.7. The first-order valence-electron chi connectivity index (χ1n) is 7.46. The zero-order chi connectivity index (χ0) is 16.9. The van der Waals surface area contributed by atoms with Gasteiger partial charge in [-0.1, -0.05) is 40.2 Å². The lowest BCUT2D eigenvalue weighted by atomic mass is 9.92. The number of carbonyl (C=O) groups excluding carboxylic acids is 1. The number of anilines is 1. The molecule has 23 heavy (non-hydrogen) atoms. The molecule has 0 aromatic heterocycles. The maximum absolute atomic E-state index is 12.5. The maximum Gasteiger partial charge on any atom is 0.248 e. The van der Waals surface area contributed by atoms with Gasteiger partial charge in [-0.2, -0.15) is 0 Å². The van der Waals surface area contributed by atoms with Crippen LogP contribution in [0.2, 0.25) is 0 Å². The molecule has 4 nitrogen and oxygen atoms in total. The Morgan fingerprint density at radius 1 is 1.17 bits per heavy atom. The molecule has 0 aliphatic rings. The lowest BCUT2D eigenvalue weighted by Gasteiger charge is -2.24. The summed E-state index contributed by atoms with van der Waals surface area (Å²) in [5.41, 5.74) is 7.65. The highest BCUT2D eigenvalue weighted by molar-refractivity contribution is 9.10. The number of ether oxygens (including phenoxy) is 1. The zero-order valence-corrected chi connectivity index (χ0v) is 14.9. The Hall–Kier alpha value is -1.69. The largest absolute Gasteiger partial charge is 0.377 e. The van der Waals surface area contributed by atoms with E-state index in [1.165, 1.54) is 0 Å². The second kappa shape index (κ2) is 7.73. The Bertz CT molecular complexity index is 652. The van der Waals surface area contributed by atoms with Crippen LogP contribution in [0.3, 0.4) is 0 Å². The minimum Gasteiger partial charge on any atom is -0.377 e. The van der Waals surface area contributed by atoms with Gasteiger partial charge in [-0.25, -0.2) is 0 Å². The number of hydrogen-bond acceptors (Lipinski definition) is 3. The molecule has 0 saturated heterocycles. The van der Waals surface area contributed by atoms with Crippen molar-refractivity contribution in [2.24, 2.45) is 5.73 Å². The minimum atomic E-state index is -1.11. The Morgan fingerprint density at radius 3 is 2.35 bits per heavy atom. The maximum atomic E-state index is 12.5. The van der Waals surface area contributed by atoms with Crippen LogP contribution >= 0.6 is 15.9 Å². The third-order valence-corrected chi connectivity index (χ3v) is 4.13. The van der Waals surface area contributed by atoms with Crippen LogP contribution in [0.5, 0.6) is 0 Å². The average molecular weight is 377 g/mol. The average Bonchev–Trinajstić information content (AvgIpc) is 2.54. The third kappa shape index (κ3) is 4.64. The molecule has 0 fully saturated rings. The predicted molar refractivity (Wildman–Crippen MR) is 96.1 cm³/mol. The molecule has 0 saturated carbocycles. The quantitative estimate of drug-likeness (QED) is 0.805. The first-order valence-corrected chi connectivity index (χ1v) is 8.26. The molecule has 0 aliphatic carbocycles. The van der Waals surface area contributed by atoms with Gasteiger partial charge >= 0.3 is 0 Å². The van der Waals surface area contributed by atoms with Crippen LogP contribution in [0.15, 0.2) is 53.0 Å². The third-order valence-electron chi connectivity index (χ3n) is 3.60. The molecule has 2 aromatic rings. The smallest absolute Gasteiger partial charge is 0.248 e. The van der Waals surface area contributed by atoms with E-state index in [1.54, 1.807) is 6.92 Å². The van der Waals surface area contributed by atoms with E-state index in [1.807, 2.05) is 55.5 Å². The molecule has 0 aliphatic heterocycles. The fourth-order valence-electron chi connectivity index (χ4n) is 2.09. The Labute approximate surface area is 145 Å². The SMILES string of the molecule is CCOCc1ccc(NC(=O)C(C)(N)c2ccc(Br)cc2)cc1. The van der Waals surface area contributed by atoms with Crippen molar-refractivity contribution in [2.75, 3.05) is 11.9 Å². The highest BCUT2D eigenvalue weighted by Gasteiger charge is 2.30. The molecule has 0 heterocycles. The number of halogens is 1. The van der Waals surface area contributed by atoms with Crippen LogP contribution in [0, 0.1) is 0 Å². The van der Waals surface area contributed by atoms with Crippen LogP contribution in [0.1, 0.15) is 25.0 Å². The minimum absolute atomic E-state index is 0.252. The molecular formula is C18H21BrN2O2. The summed E-state index contributed by atoms with van der Waals surface area (Å²) in [5, 5.41) is 2.86. The first-order chi connectivity index (χ1) is 10.9. The van der Waals surface area contributed by atoms with Crippen molar-refractivity contribution < 1.29 is 9.53 Å². The van der Waals surface area contributed by atoms with E-state index in [4.69, 9.17) is 10.5 Å². The summed E-state index contributed by atoms with van der Waals surface area (Å²) in [6.07, 6.45) is 0. The second-order valence-corrected chi connectivity index (χ2v) is 6.41. The van der Waals surface area contributed by atoms with Gasteiger partial charge in [0.2, 0.25) is 5.91 Å². The summed E-state index contributed by atoms with van der Waals surface area (Å²) in [4.78, 5) is 12.5. The number of carbonyl (C=O) groups is 1. The summed E-state index contributed by atoms with van der Waals surface area (Å²) in [5.74, 6) is -0.252. The van der Waals surface area contributed by atoms with Gasteiger partial charge in [0.05, 0.1) is 6.61 Å². The van der Waals surface area contributed by atoms with Gasteiger partial charge in [-0.05, 0) is 49.2 Å². The molecule has 1 amide bonds. The molecule has 0 radical (unpaired) electrons. The van der Waals surface area contributed by atoms with Gasteiger partial charge in [-0.3, -0.25) is 4.79 Å². The fraction of sp³-hybridized carbons (Fsp3) is 0.278. The summed E-state index contributed by atoms with van der Waals surface area (Å²) in [7, 11) is 0. The van der Waals surface area contributed by atoms with Crippen LogP contribution in [0.25, 0.3) is 0 Å². The molecule has 0 spiro atoms. The van der Waals surface area contributed by atoms with Crippen LogP contribution in [-0.2, 0) is 21.7 Å². The van der Waals surface area contributed by atoms with E-state index in [0.29, 0.717) is 18.9 Å². The van der Waals surface area contributed by atoms with Gasteiger partial charge in [0, 0.05) is 16.8 Å². The van der Waals surface area contributed by atoms with Crippen molar-refractivity contribution in [2.45, 2.75) is 26.0 Å². The lowest BCUT2D eigenvalue weighted by Crippen LogP contribution is -2.45. The lowest BCUT2D eigenvalue weighted by molar-refractivity contribution is -0.120. The normalized spacial score (nSPS) is 13.4. The highest BCUT2D eigenvalue weighted by atomic mass is 79.9. The Balaban J connectivity index is 2.06. The van der Waals surface area contributed by atoms with Crippen molar-refractivity contribution in [3.05, 3.63) is 64.1 Å². The standard InChI is InChI=1S/C18H21BrN2O2/c1-3-23-12-13-4-10-16(11-5-13)21-17(22)18(2,20)14-6-8-15(19)9-7-14/h4-11H,3,12,20H2,1-2H3,(H,21,22). The number of amides is 1. The van der Waals surface area contributed by atoms with Gasteiger partial charge < -0.3 is 15.8 Å². The van der Waals surface area contributed by atoms with E-state index in [9.17, 15) is 4.79 Å². The molecule has 1 unspecified atom stereocenters. The topological polar surface area (TPSA) is 64.3 Å². The second-order valence-electron chi connectivity index (χ2n) is 5.50. The van der Waals surface area contributed by atoms with Crippen LogP contribution < -0.4 is 11.1 Å². The highest BCUT2D eigenvalue weighted by Crippen LogP contribution is 2.22. The predicted octanol–water partition coefficient (Wildman–Crippen LogP) is 3.80. The van der Waals surface area contributed by atoms with E-state index >= 15 is 0 Å². The number of nitrogens with two attached hydrogens (primary N) is 1. The Kier molecular flexibility index (Phi) is 5.93. The molecule has 5 heteroatoms. The van der Waals surface area contributed by atoms with Crippen LogP contribution in [0.4, 0.5) is 5.69 Å². The van der Waals surface area contributed by atoms with Crippen molar-refractivity contribution in [3.8, 4) is 0 Å². The molecule has 122 valence electrons. The monoisotopic (exact) mass is 376 g/mol. The van der Waals surface area contributed by atoms with E-state index in [2.05, 4.69) is 21.2 Å². The van der Waals surface area contributed by atoms with Crippen molar-refractivity contribution in [3.63, 3.8) is 0 Å². The van der Waals surface area contributed by atoms with Crippen molar-refractivity contribution in [1.29, 1.82) is 0 Å². The summed E-state index contributed by atoms with van der Waals surface area (Å²) in [6, 6.07) is 15.0. The number of rotatable bonds is 6. The van der Waals surface area contributed by atoms with E-state index in [0.717, 1.165) is 15.6 Å². The van der Waals surface area contributed by atoms with Gasteiger partial charge in [0.15, 0.2) is 0 Å². The number of nitrogens with one attached hydrogen (secondary N) is 1. The number of benzene rings is 2. The van der Waals surface area contributed by atoms with E-state index in [-0.39, 0.29) is 5.91 Å². The van der Waals surface area contributed by atoms with E-state index < -0.39 is 5.54 Å². The van der Waals surface area contributed by atoms with Crippen molar-refractivity contribution in [1.82, 2.24) is 0 Å². The molecular weight excluding hydrogens is 356 g/mol. The molecule has 0 bridgehead atoms. The Morgan fingerprint density at radius 2 is 1.78 bits per heavy atom. The van der Waals surface area contributed by atoms with Crippen LogP contribution in [-0.4, -0.2) is 12.5 Å². The summed E-state index contributed by atoms with van der Waals surface area (Å²) in [6.45, 7) is 4.91. The molecule has 3 N–H and O–H groups in total. The van der Waals surface area contributed by atoms with Gasteiger partial charge in [-0.15, -0.1) is 0 Å². The van der Waals surface area contributed by atoms with Gasteiger partial charge in [0.1, 0.15) is 5.54 Å². The zero-order valence-electron chi connectivity index (χ0n) is 13.3. The fourth-order valence-corrected chi connectivity index (χ4v) is 2.36. The molecule has 2 rings (SSSR count). The van der Waals surface area contributed by atoms with Crippen molar-refractivity contribution >= 4 is 27.5 Å². The number of hydrogen-bond donors (Lipinski definition) is 2. The summed E-state index contributed by atoms with van der Waals surface area (Å²) >= 11 is 3.38. The molecule has 2 aromatic carbocycles. The van der Waals surface area contributed by atoms with Gasteiger partial charge in [0.25, 0.3) is 0 Å². The summed E-state index contributed by atoms with van der Waals surface area (Å²) < 4.78 is 6.30.